The lowest BCUT2D eigenvalue weighted by molar-refractivity contribution is 0.132. The Morgan fingerprint density at radius 3 is 2.71 bits per heavy atom. The van der Waals surface area contributed by atoms with Crippen LogP contribution in [-0.4, -0.2) is 30.5 Å². The van der Waals surface area contributed by atoms with Gasteiger partial charge in [0, 0.05) is 23.4 Å². The van der Waals surface area contributed by atoms with Crippen LogP contribution in [0.15, 0.2) is 28.7 Å². The lowest BCUT2D eigenvalue weighted by Gasteiger charge is -2.32. The molecule has 0 saturated carbocycles. The summed E-state index contributed by atoms with van der Waals surface area (Å²) >= 11 is 3.42. The maximum atomic E-state index is 9.66. The van der Waals surface area contributed by atoms with Gasteiger partial charge in [-0.15, -0.1) is 0 Å². The summed E-state index contributed by atoms with van der Waals surface area (Å²) in [6.07, 6.45) is 2.78. The lowest BCUT2D eigenvalue weighted by Crippen LogP contribution is -2.42. The summed E-state index contributed by atoms with van der Waals surface area (Å²) in [5.41, 5.74) is 0.814. The van der Waals surface area contributed by atoms with E-state index < -0.39 is 0 Å². The molecular weight excluding hydrogens is 282 g/mol. The third kappa shape index (κ3) is 3.44. The normalized spacial score (nSPS) is 25.3. The number of halogens is 1. The molecule has 1 heterocycles. The highest BCUT2D eigenvalue weighted by Gasteiger charge is 2.30. The number of ether oxygens (including phenoxy) is 1. The van der Waals surface area contributed by atoms with E-state index >= 15 is 0 Å². The molecule has 1 aliphatic rings. The fourth-order valence-corrected chi connectivity index (χ4v) is 2.43. The third-order valence-corrected chi connectivity index (χ3v) is 3.75. The van der Waals surface area contributed by atoms with E-state index in [2.05, 4.69) is 21.2 Å². The molecule has 94 valence electrons. The van der Waals surface area contributed by atoms with Crippen molar-refractivity contribution < 1.29 is 9.84 Å². The molecule has 0 amide bonds. The molecular formula is C13H18BrNO2. The van der Waals surface area contributed by atoms with Gasteiger partial charge in [-0.3, -0.25) is 0 Å². The molecule has 0 aliphatic carbocycles. The number of anilines is 1. The predicted molar refractivity (Wildman–Crippen MR) is 72.3 cm³/mol. The van der Waals surface area contributed by atoms with Crippen LogP contribution in [0, 0.1) is 0 Å². The summed E-state index contributed by atoms with van der Waals surface area (Å²) in [6, 6.07) is 8.04. The molecule has 17 heavy (non-hydrogen) atoms. The maximum Gasteiger partial charge on any atom is 0.0662 e. The van der Waals surface area contributed by atoms with Gasteiger partial charge in [0.15, 0.2) is 0 Å². The van der Waals surface area contributed by atoms with Crippen LogP contribution >= 0.6 is 15.9 Å². The first kappa shape index (κ1) is 12.9. The van der Waals surface area contributed by atoms with Gasteiger partial charge < -0.3 is 15.2 Å². The molecule has 4 heteroatoms. The second-order valence-electron chi connectivity index (χ2n) is 4.54. The van der Waals surface area contributed by atoms with Crippen LogP contribution in [0.1, 0.15) is 19.3 Å². The minimum absolute atomic E-state index is 0.145. The number of hydrogen-bond donors (Lipinski definition) is 2. The first-order valence-electron chi connectivity index (χ1n) is 5.96. The van der Waals surface area contributed by atoms with Crippen LogP contribution in [0.4, 0.5) is 5.69 Å². The number of aliphatic hydroxyl groups excluding tert-OH is 1. The van der Waals surface area contributed by atoms with Crippen LogP contribution in [0.2, 0.25) is 0 Å². The van der Waals surface area contributed by atoms with E-state index in [1.165, 1.54) is 0 Å². The maximum absolute atomic E-state index is 9.66. The molecule has 3 nitrogen and oxygen atoms in total. The van der Waals surface area contributed by atoms with Crippen molar-refractivity contribution in [3.8, 4) is 0 Å². The molecule has 2 N–H and O–H groups in total. The number of aliphatic hydroxyl groups is 1. The Labute approximate surface area is 110 Å². The van der Waals surface area contributed by atoms with Crippen molar-refractivity contribution in [1.29, 1.82) is 0 Å². The summed E-state index contributed by atoms with van der Waals surface area (Å²) in [7, 11) is 0. The van der Waals surface area contributed by atoms with E-state index in [9.17, 15) is 5.11 Å². The van der Waals surface area contributed by atoms with Crippen LogP contribution in [-0.2, 0) is 4.74 Å². The summed E-state index contributed by atoms with van der Waals surface area (Å²) in [5, 5.41) is 13.1. The number of rotatable bonds is 3. The van der Waals surface area contributed by atoms with Gasteiger partial charge in [0.05, 0.1) is 12.1 Å². The minimum atomic E-state index is -0.232. The zero-order chi connectivity index (χ0) is 12.1. The zero-order valence-electron chi connectivity index (χ0n) is 9.79. The van der Waals surface area contributed by atoms with Gasteiger partial charge in [-0.2, -0.15) is 0 Å². The molecule has 1 unspecified atom stereocenters. The Kier molecular flexibility index (Phi) is 4.42. The van der Waals surface area contributed by atoms with Gasteiger partial charge in [-0.1, -0.05) is 15.9 Å². The van der Waals surface area contributed by atoms with Crippen molar-refractivity contribution in [3.63, 3.8) is 0 Å². The number of nitrogens with one attached hydrogen (secondary N) is 1. The highest BCUT2D eigenvalue weighted by Crippen LogP contribution is 2.26. The van der Waals surface area contributed by atoms with E-state index in [1.807, 2.05) is 24.3 Å². The third-order valence-electron chi connectivity index (χ3n) is 3.23. The van der Waals surface area contributed by atoms with Crippen molar-refractivity contribution in [2.24, 2.45) is 0 Å². The molecule has 1 atom stereocenters. The molecule has 0 aromatic heterocycles. The smallest absolute Gasteiger partial charge is 0.0662 e. The van der Waals surface area contributed by atoms with E-state index in [0.29, 0.717) is 6.61 Å². The first-order valence-corrected chi connectivity index (χ1v) is 6.76. The SMILES string of the molecule is OCC1(Nc2ccc(Br)cc2)CCCOCC1. The Morgan fingerprint density at radius 2 is 2.00 bits per heavy atom. The van der Waals surface area contributed by atoms with Gasteiger partial charge in [0.2, 0.25) is 0 Å². The molecule has 1 aliphatic heterocycles. The Hall–Kier alpha value is -0.580. The summed E-state index contributed by atoms with van der Waals surface area (Å²) in [6.45, 7) is 1.65. The molecule has 1 aromatic carbocycles. The minimum Gasteiger partial charge on any atom is -0.394 e. The van der Waals surface area contributed by atoms with Crippen molar-refractivity contribution in [3.05, 3.63) is 28.7 Å². The Morgan fingerprint density at radius 1 is 1.24 bits per heavy atom. The molecule has 0 spiro atoms. The van der Waals surface area contributed by atoms with Gasteiger partial charge in [-0.05, 0) is 43.5 Å². The molecule has 0 bridgehead atoms. The average Bonchev–Trinajstić information content (AvgIpc) is 2.58. The van der Waals surface area contributed by atoms with Gasteiger partial charge in [0.25, 0.3) is 0 Å². The van der Waals surface area contributed by atoms with Crippen molar-refractivity contribution in [2.75, 3.05) is 25.1 Å². The second kappa shape index (κ2) is 5.85. The topological polar surface area (TPSA) is 41.5 Å². The van der Waals surface area contributed by atoms with Crippen LogP contribution < -0.4 is 5.32 Å². The van der Waals surface area contributed by atoms with Crippen LogP contribution in [0.5, 0.6) is 0 Å². The summed E-state index contributed by atoms with van der Waals surface area (Å²) in [4.78, 5) is 0. The summed E-state index contributed by atoms with van der Waals surface area (Å²) in [5.74, 6) is 0. The molecule has 0 radical (unpaired) electrons. The van der Waals surface area contributed by atoms with Crippen molar-refractivity contribution in [1.82, 2.24) is 0 Å². The number of hydrogen-bond acceptors (Lipinski definition) is 3. The van der Waals surface area contributed by atoms with E-state index in [0.717, 1.165) is 36.0 Å². The highest BCUT2D eigenvalue weighted by molar-refractivity contribution is 9.10. The van der Waals surface area contributed by atoms with Crippen molar-refractivity contribution in [2.45, 2.75) is 24.8 Å². The standard InChI is InChI=1S/C13H18BrNO2/c14-11-2-4-12(5-3-11)15-13(10-16)6-1-8-17-9-7-13/h2-5,15-16H,1,6-10H2. The lowest BCUT2D eigenvalue weighted by atomic mass is 9.91. The monoisotopic (exact) mass is 299 g/mol. The van der Waals surface area contributed by atoms with E-state index in [4.69, 9.17) is 4.74 Å². The predicted octanol–water partition coefficient (Wildman–Crippen LogP) is 2.79. The van der Waals surface area contributed by atoms with Crippen LogP contribution in [0.25, 0.3) is 0 Å². The fraction of sp³-hybridized carbons (Fsp3) is 0.538. The average molecular weight is 300 g/mol. The highest BCUT2D eigenvalue weighted by atomic mass is 79.9. The first-order chi connectivity index (χ1) is 8.24. The molecule has 1 fully saturated rings. The molecule has 1 saturated heterocycles. The fourth-order valence-electron chi connectivity index (χ4n) is 2.17. The van der Waals surface area contributed by atoms with Crippen molar-refractivity contribution >= 4 is 21.6 Å². The molecule has 2 rings (SSSR count). The second-order valence-corrected chi connectivity index (χ2v) is 5.45. The Balaban J connectivity index is 2.09. The number of benzene rings is 1. The van der Waals surface area contributed by atoms with Crippen LogP contribution in [0.3, 0.4) is 0 Å². The zero-order valence-corrected chi connectivity index (χ0v) is 11.4. The van der Waals surface area contributed by atoms with Gasteiger partial charge in [0.1, 0.15) is 0 Å². The van der Waals surface area contributed by atoms with E-state index in [1.54, 1.807) is 0 Å². The van der Waals surface area contributed by atoms with Gasteiger partial charge >= 0.3 is 0 Å². The van der Waals surface area contributed by atoms with Gasteiger partial charge in [-0.25, -0.2) is 0 Å². The summed E-state index contributed by atoms with van der Waals surface area (Å²) < 4.78 is 6.51. The quantitative estimate of drug-likeness (QED) is 0.902. The molecule has 1 aromatic rings. The Bertz CT molecular complexity index is 345. The van der Waals surface area contributed by atoms with E-state index in [-0.39, 0.29) is 12.1 Å². The largest absolute Gasteiger partial charge is 0.394 e.